The highest BCUT2D eigenvalue weighted by molar-refractivity contribution is 6.36. The molecule has 2 atom stereocenters. The van der Waals surface area contributed by atoms with Gasteiger partial charge < -0.3 is 10.6 Å². The molecule has 0 bridgehead atoms. The number of amides is 1. The Labute approximate surface area is 121 Å². The molecule has 0 aromatic heterocycles. The molecule has 1 aliphatic heterocycles. The van der Waals surface area contributed by atoms with Gasteiger partial charge in [-0.2, -0.15) is 0 Å². The van der Waals surface area contributed by atoms with E-state index >= 15 is 0 Å². The molecular weight excluding hydrogens is 290 g/mol. The first kappa shape index (κ1) is 14.6. The molecular formula is C13H15Cl2FN2O. The Morgan fingerprint density at radius 3 is 2.89 bits per heavy atom. The number of hydrogen-bond acceptors (Lipinski definition) is 2. The zero-order valence-corrected chi connectivity index (χ0v) is 12.0. The summed E-state index contributed by atoms with van der Waals surface area (Å²) in [4.78, 5) is 11.1. The van der Waals surface area contributed by atoms with Crippen LogP contribution >= 0.6 is 23.2 Å². The van der Waals surface area contributed by atoms with Crippen molar-refractivity contribution >= 4 is 29.1 Å². The summed E-state index contributed by atoms with van der Waals surface area (Å²) in [5.41, 5.74) is 0.549. The van der Waals surface area contributed by atoms with Gasteiger partial charge in [-0.15, -0.1) is 0 Å². The van der Waals surface area contributed by atoms with Crippen molar-refractivity contribution in [2.24, 2.45) is 0 Å². The van der Waals surface area contributed by atoms with Crippen molar-refractivity contribution in [1.82, 2.24) is 10.6 Å². The highest BCUT2D eigenvalue weighted by Crippen LogP contribution is 2.32. The largest absolute Gasteiger partial charge is 0.352 e. The lowest BCUT2D eigenvalue weighted by Gasteiger charge is -2.20. The van der Waals surface area contributed by atoms with Crippen LogP contribution in [-0.4, -0.2) is 18.5 Å². The number of carbonyl (C=O) groups is 1. The van der Waals surface area contributed by atoms with Crippen LogP contribution < -0.4 is 10.6 Å². The Balaban J connectivity index is 2.02. The summed E-state index contributed by atoms with van der Waals surface area (Å²) in [6.45, 7) is 2.47. The number of hydrogen-bond donors (Lipinski definition) is 2. The van der Waals surface area contributed by atoms with E-state index in [1.54, 1.807) is 0 Å². The molecule has 0 aliphatic carbocycles. The number of halogens is 3. The molecule has 0 saturated carbocycles. The topological polar surface area (TPSA) is 41.1 Å². The quantitative estimate of drug-likeness (QED) is 0.840. The second-order valence-electron chi connectivity index (χ2n) is 4.69. The van der Waals surface area contributed by atoms with Crippen LogP contribution in [0.1, 0.15) is 31.4 Å². The van der Waals surface area contributed by atoms with Crippen LogP contribution in [0.25, 0.3) is 0 Å². The van der Waals surface area contributed by atoms with E-state index in [-0.39, 0.29) is 23.0 Å². The summed E-state index contributed by atoms with van der Waals surface area (Å²) < 4.78 is 13.4. The summed E-state index contributed by atoms with van der Waals surface area (Å²) in [6, 6.07) is 2.67. The molecule has 6 heteroatoms. The van der Waals surface area contributed by atoms with Gasteiger partial charge in [0.15, 0.2) is 0 Å². The molecule has 104 valence electrons. The Kier molecular flexibility index (Phi) is 4.66. The van der Waals surface area contributed by atoms with Gasteiger partial charge in [-0.1, -0.05) is 23.2 Å². The van der Waals surface area contributed by atoms with Crippen molar-refractivity contribution in [3.8, 4) is 0 Å². The Hall–Kier alpha value is -0.840. The van der Waals surface area contributed by atoms with E-state index in [0.717, 1.165) is 6.42 Å². The minimum absolute atomic E-state index is 0.0444. The lowest BCUT2D eigenvalue weighted by Crippen LogP contribution is -2.36. The maximum absolute atomic E-state index is 13.4. The average molecular weight is 305 g/mol. The van der Waals surface area contributed by atoms with Crippen LogP contribution in [0.4, 0.5) is 4.39 Å². The van der Waals surface area contributed by atoms with Gasteiger partial charge in [0.05, 0.1) is 5.02 Å². The van der Waals surface area contributed by atoms with Gasteiger partial charge in [0, 0.05) is 35.6 Å². The normalized spacial score (nSPS) is 20.4. The molecule has 1 aromatic rings. The van der Waals surface area contributed by atoms with E-state index in [4.69, 9.17) is 23.2 Å². The molecule has 3 nitrogen and oxygen atoms in total. The summed E-state index contributed by atoms with van der Waals surface area (Å²) >= 11 is 12.0. The lowest BCUT2D eigenvalue weighted by atomic mass is 10.1. The van der Waals surface area contributed by atoms with Crippen molar-refractivity contribution < 1.29 is 9.18 Å². The average Bonchev–Trinajstić information content (AvgIpc) is 2.78. The first-order chi connectivity index (χ1) is 8.99. The van der Waals surface area contributed by atoms with Crippen LogP contribution in [0.3, 0.4) is 0 Å². The summed E-state index contributed by atoms with van der Waals surface area (Å²) in [5.74, 6) is -0.412. The Morgan fingerprint density at radius 2 is 2.26 bits per heavy atom. The fourth-order valence-corrected chi connectivity index (χ4v) is 2.89. The second-order valence-corrected chi connectivity index (χ2v) is 5.48. The molecule has 1 fully saturated rings. The molecule has 2 unspecified atom stereocenters. The zero-order valence-electron chi connectivity index (χ0n) is 10.5. The molecule has 1 amide bonds. The monoisotopic (exact) mass is 304 g/mol. The third kappa shape index (κ3) is 3.38. The van der Waals surface area contributed by atoms with Crippen molar-refractivity contribution in [2.45, 2.75) is 31.8 Å². The maximum Gasteiger partial charge on any atom is 0.220 e. The van der Waals surface area contributed by atoms with E-state index in [9.17, 15) is 9.18 Å². The molecule has 1 heterocycles. The number of nitrogens with one attached hydrogen (secondary N) is 2. The van der Waals surface area contributed by atoms with Crippen LogP contribution in [0.2, 0.25) is 10.0 Å². The SMILES string of the molecule is CC(NCC1CCC(=O)N1)c1c(Cl)ccc(F)c1Cl. The van der Waals surface area contributed by atoms with Gasteiger partial charge in [0.1, 0.15) is 5.82 Å². The molecule has 2 rings (SSSR count). The fraction of sp³-hybridized carbons (Fsp3) is 0.462. The third-order valence-corrected chi connectivity index (χ3v) is 3.98. The molecule has 0 spiro atoms. The highest BCUT2D eigenvalue weighted by Gasteiger charge is 2.22. The van der Waals surface area contributed by atoms with Gasteiger partial charge in [-0.3, -0.25) is 4.79 Å². The van der Waals surface area contributed by atoms with Gasteiger partial charge in [-0.05, 0) is 25.5 Å². The third-order valence-electron chi connectivity index (χ3n) is 3.27. The minimum atomic E-state index is -0.483. The number of rotatable bonds is 4. The van der Waals surface area contributed by atoms with Gasteiger partial charge in [0.25, 0.3) is 0 Å². The Morgan fingerprint density at radius 1 is 1.53 bits per heavy atom. The van der Waals surface area contributed by atoms with Crippen LogP contribution in [0.15, 0.2) is 12.1 Å². The van der Waals surface area contributed by atoms with Gasteiger partial charge in [-0.25, -0.2) is 4.39 Å². The molecule has 1 saturated heterocycles. The summed E-state index contributed by atoms with van der Waals surface area (Å²) in [5, 5.41) is 6.56. The van der Waals surface area contributed by atoms with E-state index in [1.165, 1.54) is 12.1 Å². The zero-order chi connectivity index (χ0) is 14.0. The van der Waals surface area contributed by atoms with E-state index in [2.05, 4.69) is 10.6 Å². The first-order valence-corrected chi connectivity index (χ1v) is 6.90. The second kappa shape index (κ2) is 6.07. The maximum atomic E-state index is 13.4. The summed E-state index contributed by atoms with van der Waals surface area (Å²) in [7, 11) is 0. The van der Waals surface area contributed by atoms with E-state index in [0.29, 0.717) is 23.6 Å². The van der Waals surface area contributed by atoms with Gasteiger partial charge >= 0.3 is 0 Å². The van der Waals surface area contributed by atoms with Crippen LogP contribution in [-0.2, 0) is 4.79 Å². The molecule has 1 aromatic carbocycles. The van der Waals surface area contributed by atoms with Crippen molar-refractivity contribution in [3.63, 3.8) is 0 Å². The van der Waals surface area contributed by atoms with Crippen molar-refractivity contribution in [1.29, 1.82) is 0 Å². The van der Waals surface area contributed by atoms with Gasteiger partial charge in [0.2, 0.25) is 5.91 Å². The Bertz CT molecular complexity index is 496. The first-order valence-electron chi connectivity index (χ1n) is 6.15. The van der Waals surface area contributed by atoms with E-state index in [1.807, 2.05) is 6.92 Å². The standard InChI is InChI=1S/C13H15Cl2FN2O/c1-7(17-6-8-2-5-11(19)18-8)12-9(14)3-4-10(16)13(12)15/h3-4,7-8,17H,2,5-6H2,1H3,(H,18,19). The van der Waals surface area contributed by atoms with Crippen molar-refractivity contribution in [3.05, 3.63) is 33.6 Å². The predicted octanol–water partition coefficient (Wildman–Crippen LogP) is 3.06. The molecule has 1 aliphatic rings. The van der Waals surface area contributed by atoms with Crippen molar-refractivity contribution in [2.75, 3.05) is 6.54 Å². The van der Waals surface area contributed by atoms with Crippen LogP contribution in [0, 0.1) is 5.82 Å². The van der Waals surface area contributed by atoms with Crippen LogP contribution in [0.5, 0.6) is 0 Å². The smallest absolute Gasteiger partial charge is 0.220 e. The fourth-order valence-electron chi connectivity index (χ4n) is 2.19. The molecule has 0 radical (unpaired) electrons. The minimum Gasteiger partial charge on any atom is -0.352 e. The number of carbonyl (C=O) groups excluding carboxylic acids is 1. The number of benzene rings is 1. The van der Waals surface area contributed by atoms with E-state index < -0.39 is 5.82 Å². The predicted molar refractivity (Wildman–Crippen MR) is 74.0 cm³/mol. The molecule has 2 N–H and O–H groups in total. The lowest BCUT2D eigenvalue weighted by molar-refractivity contribution is -0.119. The summed E-state index contributed by atoms with van der Waals surface area (Å²) in [6.07, 6.45) is 1.37. The molecule has 19 heavy (non-hydrogen) atoms. The highest BCUT2D eigenvalue weighted by atomic mass is 35.5.